The summed E-state index contributed by atoms with van der Waals surface area (Å²) in [5.74, 6) is -4.04. The predicted molar refractivity (Wildman–Crippen MR) is 148 cm³/mol. The summed E-state index contributed by atoms with van der Waals surface area (Å²) >= 11 is 0. The van der Waals surface area contributed by atoms with Gasteiger partial charge in [0.25, 0.3) is 5.92 Å². The number of alkyl halides is 2. The number of hydrogen-bond donors (Lipinski definition) is 1. The molecular formula is C29H39F2N5O4. The number of aromatic nitrogens is 1. The summed E-state index contributed by atoms with van der Waals surface area (Å²) in [5, 5.41) is 3.36. The lowest BCUT2D eigenvalue weighted by atomic mass is 9.91. The molecule has 9 nitrogen and oxygen atoms in total. The van der Waals surface area contributed by atoms with Gasteiger partial charge >= 0.3 is 12.1 Å². The van der Waals surface area contributed by atoms with Gasteiger partial charge in [0.2, 0.25) is 5.91 Å². The number of anilines is 1. The highest BCUT2D eigenvalue weighted by Gasteiger charge is 2.47. The van der Waals surface area contributed by atoms with Crippen LogP contribution in [-0.4, -0.2) is 83.2 Å². The second-order valence-corrected chi connectivity index (χ2v) is 12.3. The van der Waals surface area contributed by atoms with Crippen molar-refractivity contribution in [2.75, 3.05) is 44.2 Å². The fourth-order valence-electron chi connectivity index (χ4n) is 6.25. The molecule has 3 aliphatic heterocycles. The van der Waals surface area contributed by atoms with Gasteiger partial charge in [0.05, 0.1) is 17.7 Å². The van der Waals surface area contributed by atoms with E-state index in [1.165, 1.54) is 0 Å². The van der Waals surface area contributed by atoms with Crippen molar-refractivity contribution in [3.63, 3.8) is 0 Å². The van der Waals surface area contributed by atoms with E-state index >= 15 is 8.78 Å². The largest absolute Gasteiger partial charge is 0.444 e. The molecule has 5 rings (SSSR count). The topological polar surface area (TPSA) is 87.1 Å². The number of fused-ring (bicyclic) bond motifs is 1. The Morgan fingerprint density at radius 2 is 1.82 bits per heavy atom. The number of halogens is 2. The van der Waals surface area contributed by atoms with Crippen LogP contribution in [0, 0.1) is 12.8 Å². The molecule has 0 spiro atoms. The van der Waals surface area contributed by atoms with Gasteiger partial charge in [0.15, 0.2) is 0 Å². The second-order valence-electron chi connectivity index (χ2n) is 12.3. The molecule has 11 heteroatoms. The lowest BCUT2D eigenvalue weighted by Gasteiger charge is -2.42. The lowest BCUT2D eigenvalue weighted by molar-refractivity contribution is -0.120. The quantitative estimate of drug-likeness (QED) is 0.575. The highest BCUT2D eigenvalue weighted by molar-refractivity contribution is 6.09. The van der Waals surface area contributed by atoms with Gasteiger partial charge in [-0.3, -0.25) is 15.0 Å². The number of carbonyl (C=O) groups excluding carboxylic acids is 3. The molecule has 1 N–H and O–H groups in total. The molecule has 40 heavy (non-hydrogen) atoms. The van der Waals surface area contributed by atoms with Gasteiger partial charge in [-0.25, -0.2) is 18.4 Å². The fraction of sp³-hybridized carbons (Fsp3) is 0.621. The Kier molecular flexibility index (Phi) is 7.54. The van der Waals surface area contributed by atoms with Crippen LogP contribution >= 0.6 is 0 Å². The third kappa shape index (κ3) is 5.80. The molecule has 4 amide bonds. The van der Waals surface area contributed by atoms with E-state index in [-0.39, 0.29) is 31.3 Å². The summed E-state index contributed by atoms with van der Waals surface area (Å²) < 4.78 is 37.8. The summed E-state index contributed by atoms with van der Waals surface area (Å²) in [7, 11) is 0. The van der Waals surface area contributed by atoms with E-state index in [9.17, 15) is 14.4 Å². The van der Waals surface area contributed by atoms with E-state index in [0.717, 1.165) is 40.0 Å². The number of urea groups is 1. The van der Waals surface area contributed by atoms with Crippen LogP contribution in [-0.2, 0) is 9.53 Å². The minimum atomic E-state index is -2.97. The zero-order chi connectivity index (χ0) is 28.8. The molecule has 218 valence electrons. The average molecular weight is 560 g/mol. The zero-order valence-corrected chi connectivity index (χ0v) is 23.7. The molecule has 0 radical (unpaired) electrons. The number of hydrogen-bond acceptors (Lipinski definition) is 5. The molecule has 0 bridgehead atoms. The normalized spacial score (nSPS) is 23.0. The monoisotopic (exact) mass is 559 g/mol. The Morgan fingerprint density at radius 1 is 1.10 bits per heavy atom. The second kappa shape index (κ2) is 10.6. The minimum absolute atomic E-state index is 0.218. The summed E-state index contributed by atoms with van der Waals surface area (Å²) in [4.78, 5) is 41.3. The van der Waals surface area contributed by atoms with E-state index < -0.39 is 36.1 Å². The van der Waals surface area contributed by atoms with Gasteiger partial charge in [-0.15, -0.1) is 0 Å². The summed E-state index contributed by atoms with van der Waals surface area (Å²) in [5.41, 5.74) is 2.16. The van der Waals surface area contributed by atoms with Gasteiger partial charge in [-0.05, 0) is 65.2 Å². The molecule has 4 heterocycles. The van der Waals surface area contributed by atoms with Crippen LogP contribution < -0.4 is 10.2 Å². The Hall–Kier alpha value is -3.21. The molecular weight excluding hydrogens is 520 g/mol. The van der Waals surface area contributed by atoms with Crippen molar-refractivity contribution >= 4 is 34.6 Å². The first-order valence-corrected chi connectivity index (χ1v) is 14.1. The SMILES string of the molecule is Cc1cc2c(N3CCC(=O)NC3=O)cccc2n1C1CCN(CC2CCN(C(=O)OC(C)(C)C)CC2(F)F)CC1. The smallest absolute Gasteiger partial charge is 0.410 e. The van der Waals surface area contributed by atoms with E-state index in [0.29, 0.717) is 26.2 Å². The number of aryl methyl sites for hydroxylation is 1. The number of rotatable bonds is 4. The molecule has 0 aliphatic carbocycles. The first-order chi connectivity index (χ1) is 18.8. The Bertz CT molecular complexity index is 1300. The third-order valence-electron chi connectivity index (χ3n) is 8.20. The first kappa shape index (κ1) is 28.3. The van der Waals surface area contributed by atoms with Crippen molar-refractivity contribution in [2.45, 2.75) is 70.9 Å². The number of likely N-dealkylation sites (tertiary alicyclic amines) is 2. The number of imide groups is 1. The molecule has 3 saturated heterocycles. The zero-order valence-electron chi connectivity index (χ0n) is 23.7. The van der Waals surface area contributed by atoms with Gasteiger partial charge in [-0.2, -0.15) is 0 Å². The van der Waals surface area contributed by atoms with Crippen molar-refractivity contribution in [1.29, 1.82) is 0 Å². The number of benzene rings is 1. The fourth-order valence-corrected chi connectivity index (χ4v) is 6.25. The minimum Gasteiger partial charge on any atom is -0.444 e. The van der Waals surface area contributed by atoms with Crippen molar-refractivity contribution in [3.05, 3.63) is 30.0 Å². The molecule has 0 saturated carbocycles. The third-order valence-corrected chi connectivity index (χ3v) is 8.20. The maximum atomic E-state index is 15.1. The van der Waals surface area contributed by atoms with Crippen molar-refractivity contribution in [1.82, 2.24) is 19.7 Å². The van der Waals surface area contributed by atoms with Crippen molar-refractivity contribution in [3.8, 4) is 0 Å². The van der Waals surface area contributed by atoms with Gasteiger partial charge in [0, 0.05) is 62.2 Å². The number of amides is 4. The molecule has 3 aliphatic rings. The highest BCUT2D eigenvalue weighted by Crippen LogP contribution is 2.38. The summed E-state index contributed by atoms with van der Waals surface area (Å²) in [6.45, 7) is 8.97. The molecule has 2 aromatic rings. The lowest BCUT2D eigenvalue weighted by Crippen LogP contribution is -2.54. The van der Waals surface area contributed by atoms with Gasteiger partial charge in [-0.1, -0.05) is 6.07 Å². The van der Waals surface area contributed by atoms with Crippen molar-refractivity contribution in [2.24, 2.45) is 5.92 Å². The Balaban J connectivity index is 1.22. The van der Waals surface area contributed by atoms with Crippen LogP contribution in [0.3, 0.4) is 0 Å². The standard InChI is InChI=1S/C29H39F2N5O4/c1-19-16-22-23(35-15-11-25(37)32-26(35)38)6-5-7-24(22)36(19)21-9-12-33(13-10-21)17-20-8-14-34(18-29(20,30)31)27(39)40-28(2,3)4/h5-7,16,20-21H,8-15,17-18H2,1-4H3,(H,32,37,38). The Morgan fingerprint density at radius 3 is 2.48 bits per heavy atom. The molecule has 1 atom stereocenters. The summed E-state index contributed by atoms with van der Waals surface area (Å²) in [6, 6.07) is 7.77. The van der Waals surface area contributed by atoms with Crippen molar-refractivity contribution < 1.29 is 27.9 Å². The van der Waals surface area contributed by atoms with Crippen LogP contribution in [0.2, 0.25) is 0 Å². The average Bonchev–Trinajstić information content (AvgIpc) is 3.20. The number of carbonyl (C=O) groups is 3. The first-order valence-electron chi connectivity index (χ1n) is 14.1. The van der Waals surface area contributed by atoms with E-state index in [2.05, 4.69) is 27.8 Å². The highest BCUT2D eigenvalue weighted by atomic mass is 19.3. The molecule has 1 unspecified atom stereocenters. The van der Waals surface area contributed by atoms with Crippen LogP contribution in [0.4, 0.5) is 24.1 Å². The number of nitrogens with zero attached hydrogens (tertiary/aromatic N) is 4. The van der Waals surface area contributed by atoms with Crippen LogP contribution in [0.15, 0.2) is 24.3 Å². The Labute approximate surface area is 233 Å². The van der Waals surface area contributed by atoms with Crippen LogP contribution in [0.25, 0.3) is 10.9 Å². The van der Waals surface area contributed by atoms with Crippen LogP contribution in [0.1, 0.15) is 58.2 Å². The van der Waals surface area contributed by atoms with E-state index in [4.69, 9.17) is 4.74 Å². The summed E-state index contributed by atoms with van der Waals surface area (Å²) in [6.07, 6.45) is 1.48. The maximum absolute atomic E-state index is 15.1. The number of nitrogens with one attached hydrogen (secondary N) is 1. The maximum Gasteiger partial charge on any atom is 0.410 e. The van der Waals surface area contributed by atoms with E-state index in [1.807, 2.05) is 18.2 Å². The number of piperidine rings is 2. The van der Waals surface area contributed by atoms with Crippen LogP contribution in [0.5, 0.6) is 0 Å². The van der Waals surface area contributed by atoms with Gasteiger partial charge in [0.1, 0.15) is 5.60 Å². The molecule has 1 aromatic carbocycles. The molecule has 3 fully saturated rings. The predicted octanol–water partition coefficient (Wildman–Crippen LogP) is 4.93. The van der Waals surface area contributed by atoms with E-state index in [1.54, 1.807) is 25.7 Å². The van der Waals surface area contributed by atoms with Gasteiger partial charge < -0.3 is 19.1 Å². The number of ether oxygens (including phenoxy) is 1. The molecule has 1 aromatic heterocycles.